The monoisotopic (exact) mass is 288 g/mol. The molecule has 0 aliphatic rings. The Balaban J connectivity index is 2.40. The number of amides is 1. The zero-order valence-electron chi connectivity index (χ0n) is 10.9. The normalized spacial score (nSPS) is 10.1. The lowest BCUT2D eigenvalue weighted by Gasteiger charge is -2.11. The molecule has 1 amide bonds. The van der Waals surface area contributed by atoms with Crippen molar-refractivity contribution in [3.8, 4) is 11.5 Å². The number of carbonyl (C=O) groups excluding carboxylic acids is 1. The summed E-state index contributed by atoms with van der Waals surface area (Å²) in [4.78, 5) is 21.4. The third kappa shape index (κ3) is 3.15. The number of benzene rings is 2. The highest BCUT2D eigenvalue weighted by Crippen LogP contribution is 2.30. The second-order valence-electron chi connectivity index (χ2n) is 4.17. The number of nitrogens with two attached hydrogens (primary N) is 1. The van der Waals surface area contributed by atoms with Crippen molar-refractivity contribution in [2.24, 2.45) is 5.73 Å². The number of nitrogens with zero attached hydrogens (tertiary/aromatic N) is 1. The first-order valence-electron chi connectivity index (χ1n) is 5.97. The second-order valence-corrected chi connectivity index (χ2v) is 4.17. The van der Waals surface area contributed by atoms with Gasteiger partial charge >= 0.3 is 0 Å². The van der Waals surface area contributed by atoms with Crippen LogP contribution in [0.5, 0.6) is 11.5 Å². The molecule has 2 rings (SSSR count). The first-order chi connectivity index (χ1) is 10.0. The van der Waals surface area contributed by atoms with Crippen molar-refractivity contribution >= 4 is 11.6 Å². The Morgan fingerprint density at radius 3 is 2.57 bits per heavy atom. The van der Waals surface area contributed by atoms with Crippen LogP contribution in [0.15, 0.2) is 42.5 Å². The van der Waals surface area contributed by atoms with Crippen molar-refractivity contribution in [2.45, 2.75) is 6.61 Å². The molecule has 0 unspecified atom stereocenters. The Labute approximate surface area is 119 Å². The van der Waals surface area contributed by atoms with Crippen LogP contribution in [0.25, 0.3) is 0 Å². The highest BCUT2D eigenvalue weighted by atomic mass is 16.6. The number of aliphatic hydroxyl groups is 1. The molecule has 7 heteroatoms. The van der Waals surface area contributed by atoms with Crippen molar-refractivity contribution in [2.75, 3.05) is 0 Å². The van der Waals surface area contributed by atoms with E-state index in [2.05, 4.69) is 0 Å². The summed E-state index contributed by atoms with van der Waals surface area (Å²) in [6.07, 6.45) is 0. The zero-order valence-corrected chi connectivity index (χ0v) is 10.9. The number of nitro benzene ring substituents is 1. The molecule has 0 heterocycles. The second kappa shape index (κ2) is 6.02. The van der Waals surface area contributed by atoms with Crippen LogP contribution in [-0.4, -0.2) is 15.9 Å². The molecule has 0 saturated heterocycles. The number of rotatable bonds is 5. The van der Waals surface area contributed by atoms with Crippen molar-refractivity contribution in [3.63, 3.8) is 0 Å². The van der Waals surface area contributed by atoms with Gasteiger partial charge in [0.1, 0.15) is 11.5 Å². The Kier molecular flexibility index (Phi) is 4.15. The summed E-state index contributed by atoms with van der Waals surface area (Å²) in [5.41, 5.74) is 5.51. The van der Waals surface area contributed by atoms with Gasteiger partial charge in [-0.25, -0.2) is 0 Å². The molecule has 0 aliphatic heterocycles. The van der Waals surface area contributed by atoms with Crippen molar-refractivity contribution in [3.05, 3.63) is 63.7 Å². The first kappa shape index (κ1) is 14.5. The smallest absolute Gasteiger partial charge is 0.270 e. The number of ether oxygens (including phenoxy) is 1. The summed E-state index contributed by atoms with van der Waals surface area (Å²) in [6, 6.07) is 10.2. The van der Waals surface area contributed by atoms with Gasteiger partial charge in [0.15, 0.2) is 0 Å². The minimum atomic E-state index is -0.655. The Hall–Kier alpha value is -2.93. The molecule has 0 aliphatic carbocycles. The highest BCUT2D eigenvalue weighted by molar-refractivity contribution is 5.95. The topological polar surface area (TPSA) is 116 Å². The molecule has 0 saturated carbocycles. The van der Waals surface area contributed by atoms with Gasteiger partial charge in [0, 0.05) is 17.7 Å². The highest BCUT2D eigenvalue weighted by Gasteiger charge is 2.14. The van der Waals surface area contributed by atoms with Gasteiger partial charge in [-0.05, 0) is 18.2 Å². The van der Waals surface area contributed by atoms with Gasteiger partial charge in [0.25, 0.3) is 11.6 Å². The molecule has 0 aromatic heterocycles. The van der Waals surface area contributed by atoms with Gasteiger partial charge in [-0.2, -0.15) is 0 Å². The summed E-state index contributed by atoms with van der Waals surface area (Å²) in [5.74, 6) is -0.219. The maximum atomic E-state index is 11.3. The maximum absolute atomic E-state index is 11.3. The number of primary amides is 1. The molecule has 0 spiro atoms. The molecule has 108 valence electrons. The van der Waals surface area contributed by atoms with Crippen LogP contribution in [0, 0.1) is 10.1 Å². The molecule has 0 bridgehead atoms. The zero-order chi connectivity index (χ0) is 15.4. The van der Waals surface area contributed by atoms with E-state index in [4.69, 9.17) is 10.5 Å². The number of aliphatic hydroxyl groups excluding tert-OH is 1. The minimum absolute atomic E-state index is 0.158. The fraction of sp³-hybridized carbons (Fsp3) is 0.0714. The van der Waals surface area contributed by atoms with Gasteiger partial charge in [0.05, 0.1) is 17.1 Å². The van der Waals surface area contributed by atoms with Gasteiger partial charge in [-0.3, -0.25) is 14.9 Å². The van der Waals surface area contributed by atoms with Crippen molar-refractivity contribution in [1.82, 2.24) is 0 Å². The predicted octanol–water partition coefficient (Wildman–Crippen LogP) is 1.98. The van der Waals surface area contributed by atoms with E-state index in [9.17, 15) is 20.0 Å². The quantitative estimate of drug-likeness (QED) is 0.644. The first-order valence-corrected chi connectivity index (χ1v) is 5.97. The van der Waals surface area contributed by atoms with E-state index < -0.39 is 17.4 Å². The minimum Gasteiger partial charge on any atom is -0.456 e. The van der Waals surface area contributed by atoms with Crippen LogP contribution in [0.1, 0.15) is 15.9 Å². The van der Waals surface area contributed by atoms with E-state index in [1.165, 1.54) is 24.3 Å². The summed E-state index contributed by atoms with van der Waals surface area (Å²) >= 11 is 0. The van der Waals surface area contributed by atoms with Crippen LogP contribution < -0.4 is 10.5 Å². The Morgan fingerprint density at radius 2 is 1.95 bits per heavy atom. The number of nitro groups is 1. The Morgan fingerprint density at radius 1 is 1.24 bits per heavy atom. The van der Waals surface area contributed by atoms with Crippen LogP contribution >= 0.6 is 0 Å². The van der Waals surface area contributed by atoms with Gasteiger partial charge in [-0.15, -0.1) is 0 Å². The number of para-hydroxylation sites is 1. The molecule has 2 aromatic carbocycles. The maximum Gasteiger partial charge on any atom is 0.270 e. The van der Waals surface area contributed by atoms with E-state index in [1.54, 1.807) is 18.2 Å². The summed E-state index contributed by atoms with van der Waals surface area (Å²) in [7, 11) is 0. The van der Waals surface area contributed by atoms with E-state index >= 15 is 0 Å². The van der Waals surface area contributed by atoms with E-state index in [1.807, 2.05) is 0 Å². The predicted molar refractivity (Wildman–Crippen MR) is 74.1 cm³/mol. The van der Waals surface area contributed by atoms with Crippen LogP contribution in [-0.2, 0) is 6.61 Å². The fourth-order valence-corrected chi connectivity index (χ4v) is 1.78. The number of hydrogen-bond acceptors (Lipinski definition) is 5. The SMILES string of the molecule is NC(=O)c1ccccc1Oc1ccc([N+](=O)[O-])cc1CO. The summed E-state index contributed by atoms with van der Waals surface area (Å²) in [5, 5.41) is 20.0. The molecular formula is C14H12N2O5. The summed E-state index contributed by atoms with van der Waals surface area (Å²) < 4.78 is 5.54. The Bertz CT molecular complexity index is 700. The molecule has 2 aromatic rings. The molecule has 7 nitrogen and oxygen atoms in total. The molecule has 0 atom stereocenters. The van der Waals surface area contributed by atoms with Crippen LogP contribution in [0.4, 0.5) is 5.69 Å². The van der Waals surface area contributed by atoms with E-state index in [0.29, 0.717) is 0 Å². The molecule has 3 N–H and O–H groups in total. The third-order valence-electron chi connectivity index (χ3n) is 2.80. The number of carbonyl (C=O) groups is 1. The lowest BCUT2D eigenvalue weighted by atomic mass is 10.1. The largest absolute Gasteiger partial charge is 0.456 e. The summed E-state index contributed by atoms with van der Waals surface area (Å²) in [6.45, 7) is -0.435. The standard InChI is InChI=1S/C14H12N2O5/c15-14(18)11-3-1-2-4-13(11)21-12-6-5-10(16(19)20)7-9(12)8-17/h1-7,17H,8H2,(H2,15,18). The van der Waals surface area contributed by atoms with Crippen LogP contribution in [0.3, 0.4) is 0 Å². The van der Waals surface area contributed by atoms with E-state index in [-0.39, 0.29) is 28.3 Å². The van der Waals surface area contributed by atoms with Gasteiger partial charge in [-0.1, -0.05) is 12.1 Å². The lowest BCUT2D eigenvalue weighted by molar-refractivity contribution is -0.385. The molecule has 21 heavy (non-hydrogen) atoms. The van der Waals surface area contributed by atoms with Crippen LogP contribution in [0.2, 0.25) is 0 Å². The molecular weight excluding hydrogens is 276 g/mol. The van der Waals surface area contributed by atoms with Gasteiger partial charge in [0.2, 0.25) is 0 Å². The fourth-order valence-electron chi connectivity index (χ4n) is 1.78. The lowest BCUT2D eigenvalue weighted by Crippen LogP contribution is -2.12. The number of non-ortho nitro benzene ring substituents is 1. The van der Waals surface area contributed by atoms with Crippen molar-refractivity contribution in [1.29, 1.82) is 0 Å². The third-order valence-corrected chi connectivity index (χ3v) is 2.80. The van der Waals surface area contributed by atoms with E-state index in [0.717, 1.165) is 0 Å². The average Bonchev–Trinajstić information content (AvgIpc) is 2.47. The molecule has 0 radical (unpaired) electrons. The average molecular weight is 288 g/mol. The van der Waals surface area contributed by atoms with Gasteiger partial charge < -0.3 is 15.6 Å². The number of hydrogen-bond donors (Lipinski definition) is 2. The van der Waals surface area contributed by atoms with Crippen molar-refractivity contribution < 1.29 is 19.6 Å². The molecule has 0 fully saturated rings.